The zero-order valence-electron chi connectivity index (χ0n) is 6.92. The predicted octanol–water partition coefficient (Wildman–Crippen LogP) is 1.73. The third kappa shape index (κ3) is 2.26. The molecule has 0 bridgehead atoms. The maximum Gasteiger partial charge on any atom is 1.00 e. The number of hydrogen-bond donors (Lipinski definition) is 0. The SMILES string of the molecule is O=C1CC([S-])Cc2ccccc21.[Au+]. The van der Waals surface area contributed by atoms with E-state index in [1.165, 1.54) is 0 Å². The number of fused-ring (bicyclic) bond motifs is 1. The Morgan fingerprint density at radius 1 is 1.23 bits per heavy atom. The number of carbonyl (C=O) groups excluding carboxylic acids is 1. The molecule has 3 heteroatoms. The number of rotatable bonds is 0. The fourth-order valence-electron chi connectivity index (χ4n) is 1.60. The molecular formula is C10H9AuOS. The molecule has 0 saturated heterocycles. The number of carbonyl (C=O) groups is 1. The third-order valence-electron chi connectivity index (χ3n) is 2.18. The normalized spacial score (nSPS) is 20.4. The van der Waals surface area contributed by atoms with Gasteiger partial charge in [-0.15, -0.1) is 0 Å². The average molecular weight is 374 g/mol. The Morgan fingerprint density at radius 2 is 1.92 bits per heavy atom. The van der Waals surface area contributed by atoms with Crippen LogP contribution in [0, 0.1) is 0 Å². The maximum absolute atomic E-state index is 11.4. The van der Waals surface area contributed by atoms with Crippen molar-refractivity contribution in [3.05, 3.63) is 35.4 Å². The van der Waals surface area contributed by atoms with E-state index < -0.39 is 0 Å². The summed E-state index contributed by atoms with van der Waals surface area (Å²) in [5.41, 5.74) is 1.99. The van der Waals surface area contributed by atoms with Crippen LogP contribution in [0.3, 0.4) is 0 Å². The van der Waals surface area contributed by atoms with Gasteiger partial charge in [-0.25, -0.2) is 0 Å². The molecule has 13 heavy (non-hydrogen) atoms. The summed E-state index contributed by atoms with van der Waals surface area (Å²) >= 11 is 5.12. The number of benzene rings is 1. The Labute approximate surface area is 98.8 Å². The molecule has 0 heterocycles. The van der Waals surface area contributed by atoms with Crippen molar-refractivity contribution in [1.29, 1.82) is 0 Å². The van der Waals surface area contributed by atoms with Crippen LogP contribution in [0.2, 0.25) is 0 Å². The molecule has 0 saturated carbocycles. The van der Waals surface area contributed by atoms with Crippen LogP contribution in [-0.2, 0) is 41.4 Å². The zero-order chi connectivity index (χ0) is 8.55. The van der Waals surface area contributed by atoms with Gasteiger partial charge in [0.25, 0.3) is 0 Å². The molecule has 1 nitrogen and oxygen atoms in total. The van der Waals surface area contributed by atoms with Crippen molar-refractivity contribution in [2.75, 3.05) is 0 Å². The Hall–Kier alpha value is -0.0197. The van der Waals surface area contributed by atoms with Crippen LogP contribution in [0.15, 0.2) is 24.3 Å². The fourth-order valence-corrected chi connectivity index (χ4v) is 1.94. The van der Waals surface area contributed by atoms with Crippen molar-refractivity contribution in [2.24, 2.45) is 0 Å². The van der Waals surface area contributed by atoms with Gasteiger partial charge in [0.05, 0.1) is 0 Å². The molecule has 1 aromatic rings. The predicted molar refractivity (Wildman–Crippen MR) is 50.2 cm³/mol. The van der Waals surface area contributed by atoms with Crippen LogP contribution in [0.5, 0.6) is 0 Å². The summed E-state index contributed by atoms with van der Waals surface area (Å²) in [5.74, 6) is 0.205. The van der Waals surface area contributed by atoms with E-state index in [0.29, 0.717) is 6.42 Å². The van der Waals surface area contributed by atoms with Crippen molar-refractivity contribution in [3.63, 3.8) is 0 Å². The molecule has 0 radical (unpaired) electrons. The smallest absolute Gasteiger partial charge is 0.788 e. The van der Waals surface area contributed by atoms with Gasteiger partial charge in [-0.2, -0.15) is 5.25 Å². The van der Waals surface area contributed by atoms with Crippen LogP contribution >= 0.6 is 0 Å². The van der Waals surface area contributed by atoms with Crippen molar-refractivity contribution >= 4 is 18.4 Å². The molecule has 0 fully saturated rings. The van der Waals surface area contributed by atoms with E-state index in [0.717, 1.165) is 17.5 Å². The molecule has 0 aromatic heterocycles. The topological polar surface area (TPSA) is 17.1 Å². The van der Waals surface area contributed by atoms with Gasteiger partial charge in [-0.3, -0.25) is 4.79 Å². The van der Waals surface area contributed by atoms with Crippen molar-refractivity contribution in [3.8, 4) is 0 Å². The first-order chi connectivity index (χ1) is 5.77. The quantitative estimate of drug-likeness (QED) is 0.508. The third-order valence-corrected chi connectivity index (χ3v) is 2.51. The fraction of sp³-hybridized carbons (Fsp3) is 0.300. The molecular weight excluding hydrogens is 365 g/mol. The first-order valence-corrected chi connectivity index (χ1v) is 4.51. The van der Waals surface area contributed by atoms with E-state index in [4.69, 9.17) is 12.6 Å². The summed E-state index contributed by atoms with van der Waals surface area (Å²) in [6.07, 6.45) is 1.41. The van der Waals surface area contributed by atoms with Gasteiger partial charge in [0.15, 0.2) is 5.78 Å². The molecule has 0 aliphatic heterocycles. The number of ketones is 1. The number of Topliss-reactive ketones (excluding diaryl/α,β-unsaturated/α-hetero) is 1. The van der Waals surface area contributed by atoms with Gasteiger partial charge < -0.3 is 12.6 Å². The molecule has 1 unspecified atom stereocenters. The molecule has 0 N–H and O–H groups in total. The molecule has 1 atom stereocenters. The summed E-state index contributed by atoms with van der Waals surface area (Å²) < 4.78 is 0. The molecule has 2 rings (SSSR count). The molecule has 0 amide bonds. The van der Waals surface area contributed by atoms with Crippen LogP contribution in [0.25, 0.3) is 0 Å². The second kappa shape index (κ2) is 4.47. The first kappa shape index (κ1) is 11.1. The summed E-state index contributed by atoms with van der Waals surface area (Å²) in [7, 11) is 0. The van der Waals surface area contributed by atoms with E-state index in [-0.39, 0.29) is 33.4 Å². The first-order valence-electron chi connectivity index (χ1n) is 4.04. The van der Waals surface area contributed by atoms with E-state index in [1.54, 1.807) is 0 Å². The van der Waals surface area contributed by atoms with Crippen molar-refractivity contribution < 1.29 is 27.2 Å². The van der Waals surface area contributed by atoms with Crippen molar-refractivity contribution in [1.82, 2.24) is 0 Å². The minimum Gasteiger partial charge on any atom is -0.788 e. The standard InChI is InChI=1S/C10H10OS.Au/c11-10-6-8(12)5-7-3-1-2-4-9(7)10;/h1-4,8,12H,5-6H2;/q;+1/p-1. The minimum atomic E-state index is 0. The molecule has 1 aromatic carbocycles. The van der Waals surface area contributed by atoms with Crippen LogP contribution < -0.4 is 0 Å². The van der Waals surface area contributed by atoms with Gasteiger partial charge in [0.2, 0.25) is 0 Å². The average Bonchev–Trinajstić information content (AvgIpc) is 2.04. The van der Waals surface area contributed by atoms with Crippen LogP contribution in [-0.4, -0.2) is 11.0 Å². The van der Waals surface area contributed by atoms with Crippen LogP contribution in [0.4, 0.5) is 0 Å². The Morgan fingerprint density at radius 3 is 2.69 bits per heavy atom. The van der Waals surface area contributed by atoms with E-state index in [1.807, 2.05) is 24.3 Å². The Bertz CT molecular complexity index is 324. The summed E-state index contributed by atoms with van der Waals surface area (Å²) in [4.78, 5) is 11.4. The second-order valence-electron chi connectivity index (χ2n) is 3.11. The van der Waals surface area contributed by atoms with E-state index in [9.17, 15) is 4.79 Å². The van der Waals surface area contributed by atoms with E-state index >= 15 is 0 Å². The van der Waals surface area contributed by atoms with Crippen LogP contribution in [0.1, 0.15) is 22.3 Å². The molecule has 1 aliphatic carbocycles. The van der Waals surface area contributed by atoms with Gasteiger partial charge in [-0.05, 0) is 18.4 Å². The minimum absolute atomic E-state index is 0. The maximum atomic E-state index is 11.4. The van der Waals surface area contributed by atoms with Crippen molar-refractivity contribution in [2.45, 2.75) is 18.1 Å². The number of hydrogen-bond acceptors (Lipinski definition) is 2. The largest absolute Gasteiger partial charge is 1.00 e. The second-order valence-corrected chi connectivity index (χ2v) is 3.78. The van der Waals surface area contributed by atoms with Gasteiger partial charge >= 0.3 is 22.4 Å². The van der Waals surface area contributed by atoms with E-state index in [2.05, 4.69) is 0 Å². The monoisotopic (exact) mass is 374 g/mol. The summed E-state index contributed by atoms with van der Waals surface area (Å²) in [6, 6.07) is 7.74. The van der Waals surface area contributed by atoms with Gasteiger partial charge in [0.1, 0.15) is 0 Å². The van der Waals surface area contributed by atoms with Gasteiger partial charge in [0, 0.05) is 5.56 Å². The molecule has 72 valence electrons. The molecule has 0 spiro atoms. The zero-order valence-corrected chi connectivity index (χ0v) is 9.90. The molecule has 1 aliphatic rings. The Kier molecular flexibility index (Phi) is 3.80. The summed E-state index contributed by atoms with van der Waals surface area (Å²) in [5, 5.41) is 0.104. The van der Waals surface area contributed by atoms with Gasteiger partial charge in [-0.1, -0.05) is 24.3 Å². The summed E-state index contributed by atoms with van der Waals surface area (Å²) in [6.45, 7) is 0. The Balaban J connectivity index is 0.000000845.